The van der Waals surface area contributed by atoms with Crippen molar-refractivity contribution >= 4 is 23.4 Å². The summed E-state index contributed by atoms with van der Waals surface area (Å²) in [5, 5.41) is 8.20. The number of fused-ring (bicyclic) bond motifs is 1. The number of benzene rings is 3. The van der Waals surface area contributed by atoms with E-state index in [1.54, 1.807) is 11.8 Å². The molecule has 0 saturated heterocycles. The third-order valence-corrected chi connectivity index (χ3v) is 5.98. The van der Waals surface area contributed by atoms with Crippen LogP contribution in [0.1, 0.15) is 0 Å². The molecular formula is C23H17ClN2O2S. The van der Waals surface area contributed by atoms with Crippen molar-refractivity contribution in [2.24, 2.45) is 0 Å². The van der Waals surface area contributed by atoms with Crippen LogP contribution in [0.4, 0.5) is 0 Å². The molecule has 0 bridgehead atoms. The molecule has 1 aliphatic rings. The molecule has 1 N–H and O–H groups in total. The first-order chi connectivity index (χ1) is 14.3. The van der Waals surface area contributed by atoms with Crippen LogP contribution in [0.2, 0.25) is 5.02 Å². The molecule has 0 amide bonds. The minimum Gasteiger partial charge on any atom is -0.486 e. The largest absolute Gasteiger partial charge is 0.486 e. The molecule has 0 spiro atoms. The molecule has 1 aromatic heterocycles. The Morgan fingerprint density at radius 2 is 1.62 bits per heavy atom. The first-order valence-corrected chi connectivity index (χ1v) is 10.4. The second-order valence-electron chi connectivity index (χ2n) is 6.57. The van der Waals surface area contributed by atoms with E-state index in [1.807, 2.05) is 54.7 Å². The van der Waals surface area contributed by atoms with Crippen molar-refractivity contribution in [3.63, 3.8) is 0 Å². The number of ether oxygens (including phenoxy) is 2. The van der Waals surface area contributed by atoms with E-state index in [0.717, 1.165) is 48.7 Å². The third kappa shape index (κ3) is 3.71. The van der Waals surface area contributed by atoms with E-state index in [0.29, 0.717) is 13.2 Å². The molecule has 0 aliphatic carbocycles. The lowest BCUT2D eigenvalue weighted by Gasteiger charge is -2.19. The molecule has 29 heavy (non-hydrogen) atoms. The molecule has 144 valence electrons. The molecule has 0 unspecified atom stereocenters. The second kappa shape index (κ2) is 7.85. The summed E-state index contributed by atoms with van der Waals surface area (Å²) in [5.74, 6) is 1.57. The molecule has 5 rings (SSSR count). The van der Waals surface area contributed by atoms with E-state index >= 15 is 0 Å². The molecule has 0 atom stereocenters. The number of aromatic amines is 1. The van der Waals surface area contributed by atoms with Crippen molar-refractivity contribution in [2.45, 2.75) is 9.79 Å². The van der Waals surface area contributed by atoms with E-state index in [-0.39, 0.29) is 0 Å². The SMILES string of the molecule is Clc1ccc(Sc2cn[nH]c2-c2ccccc2-c2ccc3c(c2)OCCO3)cc1. The highest BCUT2D eigenvalue weighted by Crippen LogP contribution is 2.41. The highest BCUT2D eigenvalue weighted by atomic mass is 35.5. The zero-order chi connectivity index (χ0) is 19.6. The van der Waals surface area contributed by atoms with Gasteiger partial charge in [-0.2, -0.15) is 5.10 Å². The van der Waals surface area contributed by atoms with Gasteiger partial charge in [0.2, 0.25) is 0 Å². The Morgan fingerprint density at radius 1 is 0.862 bits per heavy atom. The van der Waals surface area contributed by atoms with Crippen LogP contribution in [0.5, 0.6) is 11.5 Å². The van der Waals surface area contributed by atoms with Crippen LogP contribution in [0.3, 0.4) is 0 Å². The Kier molecular flexibility index (Phi) is 4.92. The van der Waals surface area contributed by atoms with E-state index in [1.165, 1.54) is 0 Å². The zero-order valence-electron chi connectivity index (χ0n) is 15.4. The average molecular weight is 421 g/mol. The lowest BCUT2D eigenvalue weighted by molar-refractivity contribution is 0.171. The van der Waals surface area contributed by atoms with Crippen LogP contribution < -0.4 is 9.47 Å². The monoisotopic (exact) mass is 420 g/mol. The second-order valence-corrected chi connectivity index (χ2v) is 8.12. The summed E-state index contributed by atoms with van der Waals surface area (Å²) < 4.78 is 11.4. The molecule has 4 aromatic rings. The Balaban J connectivity index is 1.54. The van der Waals surface area contributed by atoms with Gasteiger partial charge >= 0.3 is 0 Å². The summed E-state index contributed by atoms with van der Waals surface area (Å²) in [6, 6.07) is 22.2. The molecule has 0 saturated carbocycles. The van der Waals surface area contributed by atoms with Gasteiger partial charge < -0.3 is 9.47 Å². The Hall–Kier alpha value is -2.89. The van der Waals surface area contributed by atoms with Crippen LogP contribution in [0.15, 0.2) is 82.7 Å². The fourth-order valence-corrected chi connectivity index (χ4v) is 4.35. The fourth-order valence-electron chi connectivity index (χ4n) is 3.34. The number of hydrogen-bond donors (Lipinski definition) is 1. The molecule has 4 nitrogen and oxygen atoms in total. The molecule has 0 fully saturated rings. The predicted molar refractivity (Wildman–Crippen MR) is 116 cm³/mol. The molecule has 0 radical (unpaired) electrons. The van der Waals surface area contributed by atoms with Gasteiger partial charge in [-0.3, -0.25) is 5.10 Å². The number of aromatic nitrogens is 2. The van der Waals surface area contributed by atoms with Gasteiger partial charge in [0.25, 0.3) is 0 Å². The van der Waals surface area contributed by atoms with Gasteiger partial charge in [0.1, 0.15) is 13.2 Å². The first-order valence-electron chi connectivity index (χ1n) is 9.24. The number of rotatable bonds is 4. The molecule has 3 aromatic carbocycles. The summed E-state index contributed by atoms with van der Waals surface area (Å²) in [5.41, 5.74) is 4.24. The molecule has 2 heterocycles. The summed E-state index contributed by atoms with van der Waals surface area (Å²) in [6.07, 6.45) is 1.86. The van der Waals surface area contributed by atoms with Crippen LogP contribution >= 0.6 is 23.4 Å². The standard InChI is InChI=1S/C23H17ClN2O2S/c24-16-6-8-17(9-7-16)29-22-14-25-26-23(22)19-4-2-1-3-18(19)15-5-10-20-21(13-15)28-12-11-27-20/h1-10,13-14H,11-12H2,(H,25,26). The average Bonchev–Trinajstić information content (AvgIpc) is 3.23. The van der Waals surface area contributed by atoms with Gasteiger partial charge in [0, 0.05) is 15.5 Å². The van der Waals surface area contributed by atoms with Gasteiger partial charge in [-0.15, -0.1) is 0 Å². The third-order valence-electron chi connectivity index (χ3n) is 4.70. The van der Waals surface area contributed by atoms with Crippen LogP contribution in [0, 0.1) is 0 Å². The topological polar surface area (TPSA) is 47.1 Å². The summed E-state index contributed by atoms with van der Waals surface area (Å²) in [4.78, 5) is 2.16. The van der Waals surface area contributed by atoms with Crippen molar-refractivity contribution in [3.8, 4) is 33.9 Å². The maximum Gasteiger partial charge on any atom is 0.161 e. The van der Waals surface area contributed by atoms with Gasteiger partial charge in [0.05, 0.1) is 16.8 Å². The predicted octanol–water partition coefficient (Wildman–Crippen LogP) is 6.32. The highest BCUT2D eigenvalue weighted by Gasteiger charge is 2.17. The molecule has 6 heteroatoms. The number of hydrogen-bond acceptors (Lipinski definition) is 4. The first kappa shape index (κ1) is 18.2. The van der Waals surface area contributed by atoms with E-state index in [4.69, 9.17) is 21.1 Å². The Bertz CT molecular complexity index is 1160. The number of H-pyrrole nitrogens is 1. The Labute approximate surface area is 177 Å². The molecule has 1 aliphatic heterocycles. The number of nitrogens with one attached hydrogen (secondary N) is 1. The van der Waals surface area contributed by atoms with Gasteiger partial charge in [0.15, 0.2) is 11.5 Å². The quantitative estimate of drug-likeness (QED) is 0.419. The maximum atomic E-state index is 6.01. The van der Waals surface area contributed by atoms with Gasteiger partial charge in [-0.05, 0) is 47.5 Å². The van der Waals surface area contributed by atoms with Crippen molar-refractivity contribution in [1.82, 2.24) is 10.2 Å². The summed E-state index contributed by atoms with van der Waals surface area (Å²) >= 11 is 7.67. The van der Waals surface area contributed by atoms with Gasteiger partial charge in [-0.1, -0.05) is 53.7 Å². The van der Waals surface area contributed by atoms with Gasteiger partial charge in [-0.25, -0.2) is 0 Å². The molecular weight excluding hydrogens is 404 g/mol. The van der Waals surface area contributed by atoms with Crippen LogP contribution in [-0.4, -0.2) is 23.4 Å². The van der Waals surface area contributed by atoms with Crippen molar-refractivity contribution in [1.29, 1.82) is 0 Å². The van der Waals surface area contributed by atoms with E-state index < -0.39 is 0 Å². The zero-order valence-corrected chi connectivity index (χ0v) is 17.0. The highest BCUT2D eigenvalue weighted by molar-refractivity contribution is 7.99. The van der Waals surface area contributed by atoms with Crippen molar-refractivity contribution < 1.29 is 9.47 Å². The lowest BCUT2D eigenvalue weighted by atomic mass is 9.97. The Morgan fingerprint density at radius 3 is 2.45 bits per heavy atom. The van der Waals surface area contributed by atoms with Crippen LogP contribution in [0.25, 0.3) is 22.4 Å². The maximum absolute atomic E-state index is 6.01. The van der Waals surface area contributed by atoms with Crippen molar-refractivity contribution in [2.75, 3.05) is 13.2 Å². The lowest BCUT2D eigenvalue weighted by Crippen LogP contribution is -2.15. The minimum atomic E-state index is 0.570. The number of nitrogens with zero attached hydrogens (tertiary/aromatic N) is 1. The summed E-state index contributed by atoms with van der Waals surface area (Å²) in [6.45, 7) is 1.16. The minimum absolute atomic E-state index is 0.570. The van der Waals surface area contributed by atoms with Crippen molar-refractivity contribution in [3.05, 3.63) is 77.9 Å². The summed E-state index contributed by atoms with van der Waals surface area (Å²) in [7, 11) is 0. The van der Waals surface area contributed by atoms with E-state index in [9.17, 15) is 0 Å². The number of halogens is 1. The fraction of sp³-hybridized carbons (Fsp3) is 0.0870. The normalized spacial score (nSPS) is 12.7. The van der Waals surface area contributed by atoms with Crippen LogP contribution in [-0.2, 0) is 0 Å². The smallest absolute Gasteiger partial charge is 0.161 e. The van der Waals surface area contributed by atoms with E-state index in [2.05, 4.69) is 28.4 Å².